The number of amides is 1. The molecule has 1 N–H and O–H groups in total. The first-order chi connectivity index (χ1) is 18.1. The van der Waals surface area contributed by atoms with Crippen LogP contribution in [0.25, 0.3) is 11.4 Å². The SMILES string of the molecule is CCc1nc(-c2nnn(C)c2COC(=O)N(C)C2C[C@@H]3[C@H](C2)C3(F)F)ccc1N1CCC[C@H](CC(=O)O)C1. The van der Waals surface area contributed by atoms with Crippen molar-refractivity contribution in [2.75, 3.05) is 25.0 Å². The van der Waals surface area contributed by atoms with Crippen molar-refractivity contribution in [3.05, 3.63) is 23.5 Å². The molecule has 0 radical (unpaired) electrons. The molecule has 1 unspecified atom stereocenters. The van der Waals surface area contributed by atoms with Crippen LogP contribution in [-0.4, -0.2) is 74.1 Å². The maximum atomic E-state index is 13.5. The second-order valence-electron chi connectivity index (χ2n) is 10.8. The fraction of sp³-hybridized carbons (Fsp3) is 0.654. The van der Waals surface area contributed by atoms with Gasteiger partial charge in [0.2, 0.25) is 0 Å². The minimum Gasteiger partial charge on any atom is -0.481 e. The van der Waals surface area contributed by atoms with Crippen molar-refractivity contribution < 1.29 is 28.2 Å². The van der Waals surface area contributed by atoms with Gasteiger partial charge in [0.1, 0.15) is 18.0 Å². The number of rotatable bonds is 8. The first kappa shape index (κ1) is 26.3. The van der Waals surface area contributed by atoms with Crippen LogP contribution < -0.4 is 4.90 Å². The molecule has 0 spiro atoms. The molecule has 2 saturated carbocycles. The predicted octanol–water partition coefficient (Wildman–Crippen LogP) is 3.74. The summed E-state index contributed by atoms with van der Waals surface area (Å²) in [5, 5.41) is 17.6. The van der Waals surface area contributed by atoms with Crippen LogP contribution in [0, 0.1) is 17.8 Å². The highest BCUT2D eigenvalue weighted by atomic mass is 19.3. The quantitative estimate of drug-likeness (QED) is 0.547. The maximum Gasteiger partial charge on any atom is 0.410 e. The lowest BCUT2D eigenvalue weighted by atomic mass is 9.94. The van der Waals surface area contributed by atoms with Crippen LogP contribution in [0.4, 0.5) is 19.3 Å². The topological polar surface area (TPSA) is 114 Å². The smallest absolute Gasteiger partial charge is 0.410 e. The molecule has 1 aliphatic heterocycles. The molecule has 3 heterocycles. The number of aliphatic carboxylic acids is 1. The third-order valence-corrected chi connectivity index (χ3v) is 8.38. The Morgan fingerprint density at radius 2 is 2.00 bits per heavy atom. The van der Waals surface area contributed by atoms with E-state index in [0.717, 1.165) is 30.8 Å². The van der Waals surface area contributed by atoms with Crippen molar-refractivity contribution in [2.24, 2.45) is 24.8 Å². The van der Waals surface area contributed by atoms with Gasteiger partial charge in [-0.3, -0.25) is 4.79 Å². The van der Waals surface area contributed by atoms with Crippen LogP contribution in [0.2, 0.25) is 0 Å². The zero-order chi connectivity index (χ0) is 27.2. The molecule has 1 saturated heterocycles. The fourth-order valence-corrected chi connectivity index (χ4v) is 6.09. The number of carboxylic acid groups (broad SMARTS) is 1. The molecule has 4 atom stereocenters. The molecule has 3 fully saturated rings. The van der Waals surface area contributed by atoms with E-state index in [2.05, 4.69) is 15.2 Å². The molecular weight excluding hydrogens is 498 g/mol. The van der Waals surface area contributed by atoms with E-state index in [9.17, 15) is 23.5 Å². The zero-order valence-electron chi connectivity index (χ0n) is 21.9. The van der Waals surface area contributed by atoms with Gasteiger partial charge in [-0.15, -0.1) is 5.10 Å². The number of anilines is 1. The Kier molecular flexibility index (Phi) is 6.99. The molecule has 12 heteroatoms. The standard InChI is InChI=1S/C26H34F2N6O4/c1-4-19-21(34-9-5-6-15(13-34)10-23(35)36)8-7-20(29-19)24-22(33(3)31-30-24)14-38-25(37)32(2)16-11-17-18(12-16)26(17,27)28/h7-8,15-18H,4-6,9-14H2,1-3H3,(H,35,36)/t15-,16?,17-,18+/m1/s1. The molecule has 3 aliphatic rings. The van der Waals surface area contributed by atoms with Crippen molar-refractivity contribution in [3.8, 4) is 11.4 Å². The summed E-state index contributed by atoms with van der Waals surface area (Å²) in [7, 11) is 3.30. The van der Waals surface area contributed by atoms with Crippen molar-refractivity contribution >= 4 is 17.7 Å². The molecule has 2 aromatic heterocycles. The van der Waals surface area contributed by atoms with Crippen molar-refractivity contribution in [2.45, 2.75) is 64.0 Å². The Labute approximate surface area is 220 Å². The van der Waals surface area contributed by atoms with Crippen LogP contribution in [0.3, 0.4) is 0 Å². The molecular formula is C26H34F2N6O4. The molecule has 2 aromatic rings. The van der Waals surface area contributed by atoms with Gasteiger partial charge in [0, 0.05) is 51.5 Å². The Bertz CT molecular complexity index is 1210. The van der Waals surface area contributed by atoms with Gasteiger partial charge < -0.3 is 19.6 Å². The van der Waals surface area contributed by atoms with Crippen molar-refractivity contribution in [1.82, 2.24) is 24.9 Å². The Hall–Kier alpha value is -3.31. The number of piperidine rings is 1. The molecule has 38 heavy (non-hydrogen) atoms. The molecule has 1 amide bonds. The van der Waals surface area contributed by atoms with Gasteiger partial charge in [-0.25, -0.2) is 23.2 Å². The summed E-state index contributed by atoms with van der Waals surface area (Å²) in [6.07, 6.45) is 2.71. The third kappa shape index (κ3) is 4.92. The Morgan fingerprint density at radius 1 is 1.26 bits per heavy atom. The van der Waals surface area contributed by atoms with Gasteiger partial charge in [0.15, 0.2) is 0 Å². The lowest BCUT2D eigenvalue weighted by molar-refractivity contribution is -0.138. The zero-order valence-corrected chi connectivity index (χ0v) is 21.9. The summed E-state index contributed by atoms with van der Waals surface area (Å²) in [5.74, 6) is -4.48. The van der Waals surface area contributed by atoms with E-state index in [1.54, 1.807) is 14.1 Å². The number of alkyl halides is 2. The van der Waals surface area contributed by atoms with E-state index in [4.69, 9.17) is 9.72 Å². The molecule has 5 rings (SSSR count). The number of aromatic nitrogens is 4. The van der Waals surface area contributed by atoms with Crippen LogP contribution in [0.1, 0.15) is 50.4 Å². The summed E-state index contributed by atoms with van der Waals surface area (Å²) >= 11 is 0. The average molecular weight is 533 g/mol. The predicted molar refractivity (Wildman–Crippen MR) is 134 cm³/mol. The normalized spacial score (nSPS) is 25.7. The number of fused-ring (bicyclic) bond motifs is 1. The van der Waals surface area contributed by atoms with Gasteiger partial charge in [0.25, 0.3) is 5.92 Å². The van der Waals surface area contributed by atoms with Gasteiger partial charge in [-0.2, -0.15) is 0 Å². The highest BCUT2D eigenvalue weighted by Gasteiger charge is 2.72. The lowest BCUT2D eigenvalue weighted by Gasteiger charge is -2.34. The number of hydrogen-bond acceptors (Lipinski definition) is 7. The van der Waals surface area contributed by atoms with Gasteiger partial charge in [0.05, 0.1) is 17.1 Å². The monoisotopic (exact) mass is 532 g/mol. The minimum absolute atomic E-state index is 0.0778. The molecule has 10 nitrogen and oxygen atoms in total. The fourth-order valence-electron chi connectivity index (χ4n) is 6.09. The molecule has 206 valence electrons. The molecule has 0 bridgehead atoms. The minimum atomic E-state index is -2.58. The average Bonchev–Trinajstić information content (AvgIpc) is 3.26. The second kappa shape index (κ2) is 10.1. The number of pyridine rings is 1. The Morgan fingerprint density at radius 3 is 2.68 bits per heavy atom. The number of carboxylic acids is 1. The first-order valence-electron chi connectivity index (χ1n) is 13.2. The third-order valence-electron chi connectivity index (χ3n) is 8.38. The van der Waals surface area contributed by atoms with E-state index >= 15 is 0 Å². The largest absolute Gasteiger partial charge is 0.481 e. The lowest BCUT2D eigenvalue weighted by Crippen LogP contribution is -2.37. The van der Waals surface area contributed by atoms with E-state index in [1.165, 1.54) is 9.58 Å². The number of ether oxygens (including phenoxy) is 1. The molecule has 0 aromatic carbocycles. The number of carbonyl (C=O) groups excluding carboxylic acids is 1. The summed E-state index contributed by atoms with van der Waals surface area (Å²) in [4.78, 5) is 32.4. The van der Waals surface area contributed by atoms with E-state index < -0.39 is 29.8 Å². The van der Waals surface area contributed by atoms with Crippen molar-refractivity contribution in [1.29, 1.82) is 0 Å². The van der Waals surface area contributed by atoms with E-state index in [0.29, 0.717) is 42.9 Å². The number of nitrogens with zero attached hydrogens (tertiary/aromatic N) is 6. The number of carbonyl (C=O) groups is 2. The second-order valence-corrected chi connectivity index (χ2v) is 10.8. The van der Waals surface area contributed by atoms with Crippen LogP contribution in [0.15, 0.2) is 12.1 Å². The summed E-state index contributed by atoms with van der Waals surface area (Å²) in [6.45, 7) is 3.47. The van der Waals surface area contributed by atoms with Crippen LogP contribution in [-0.2, 0) is 29.6 Å². The molecule has 2 aliphatic carbocycles. The van der Waals surface area contributed by atoms with E-state index in [-0.39, 0.29) is 25.0 Å². The first-order valence-corrected chi connectivity index (χ1v) is 13.2. The maximum absolute atomic E-state index is 13.5. The van der Waals surface area contributed by atoms with Gasteiger partial charge in [-0.1, -0.05) is 12.1 Å². The number of hydrogen-bond donors (Lipinski definition) is 1. The number of aryl methyl sites for hydroxylation is 2. The summed E-state index contributed by atoms with van der Waals surface area (Å²) in [6, 6.07) is 3.61. The Balaban J connectivity index is 1.26. The summed E-state index contributed by atoms with van der Waals surface area (Å²) < 4.78 is 34.1. The van der Waals surface area contributed by atoms with Crippen LogP contribution in [0.5, 0.6) is 0 Å². The van der Waals surface area contributed by atoms with Gasteiger partial charge in [-0.05, 0) is 50.2 Å². The van der Waals surface area contributed by atoms with Gasteiger partial charge >= 0.3 is 12.1 Å². The van der Waals surface area contributed by atoms with Crippen LogP contribution >= 0.6 is 0 Å². The van der Waals surface area contributed by atoms with E-state index in [1.807, 2.05) is 19.1 Å². The number of halogens is 2. The highest BCUT2D eigenvalue weighted by Crippen LogP contribution is 2.64. The van der Waals surface area contributed by atoms with Crippen molar-refractivity contribution in [3.63, 3.8) is 0 Å². The summed E-state index contributed by atoms with van der Waals surface area (Å²) in [5.41, 5.74) is 3.56. The highest BCUT2D eigenvalue weighted by molar-refractivity contribution is 5.69.